The number of benzene rings is 2. The largest absolute Gasteiger partial charge is 0.489 e. The van der Waals surface area contributed by atoms with Crippen molar-refractivity contribution in [3.8, 4) is 11.5 Å². The fraction of sp³-hybridized carbons (Fsp3) is 0.294. The molecule has 0 aromatic heterocycles. The molecule has 0 bridgehead atoms. The summed E-state index contributed by atoms with van der Waals surface area (Å²) >= 11 is 0. The molecular weight excluding hydrogens is 252 g/mol. The van der Waals surface area contributed by atoms with Gasteiger partial charge in [0.1, 0.15) is 6.61 Å². The molecule has 0 atom stereocenters. The average molecular weight is 270 g/mol. The summed E-state index contributed by atoms with van der Waals surface area (Å²) in [6.07, 6.45) is 0.842. The molecule has 0 spiro atoms. The summed E-state index contributed by atoms with van der Waals surface area (Å²) < 4.78 is 11.6. The van der Waals surface area contributed by atoms with Crippen molar-refractivity contribution in [3.63, 3.8) is 0 Å². The van der Waals surface area contributed by atoms with Crippen LogP contribution in [0, 0.1) is 6.92 Å². The summed E-state index contributed by atoms with van der Waals surface area (Å²) in [5.41, 5.74) is 4.25. The first kappa shape index (κ1) is 13.0. The van der Waals surface area contributed by atoms with Crippen LogP contribution in [0.2, 0.25) is 0 Å². The van der Waals surface area contributed by atoms with Gasteiger partial charge < -0.3 is 14.6 Å². The van der Waals surface area contributed by atoms with E-state index in [1.165, 1.54) is 0 Å². The number of aliphatic hydroxyl groups is 1. The summed E-state index contributed by atoms with van der Waals surface area (Å²) in [4.78, 5) is 0. The Morgan fingerprint density at radius 3 is 2.80 bits per heavy atom. The van der Waals surface area contributed by atoms with Crippen LogP contribution in [-0.2, 0) is 19.6 Å². The standard InChI is InChI=1S/C17H18O3/c1-12-9-16(20-11-13-5-3-2-4-6-13)17-14(7-8-19-17)15(12)10-18/h2-6,9,18H,7-8,10-11H2,1H3. The summed E-state index contributed by atoms with van der Waals surface area (Å²) in [5, 5.41) is 9.49. The first-order valence-corrected chi connectivity index (χ1v) is 6.85. The maximum atomic E-state index is 9.49. The molecule has 1 aliphatic rings. The molecule has 0 fully saturated rings. The molecule has 1 aliphatic heterocycles. The highest BCUT2D eigenvalue weighted by Gasteiger charge is 2.22. The third kappa shape index (κ3) is 2.37. The van der Waals surface area contributed by atoms with Crippen LogP contribution < -0.4 is 9.47 Å². The van der Waals surface area contributed by atoms with E-state index in [1.807, 2.05) is 43.3 Å². The van der Waals surface area contributed by atoms with Crippen molar-refractivity contribution in [2.75, 3.05) is 6.61 Å². The van der Waals surface area contributed by atoms with Crippen molar-refractivity contribution >= 4 is 0 Å². The number of aliphatic hydroxyl groups excluding tert-OH is 1. The lowest BCUT2D eigenvalue weighted by atomic mass is 10.00. The van der Waals surface area contributed by atoms with Gasteiger partial charge in [0.15, 0.2) is 11.5 Å². The van der Waals surface area contributed by atoms with E-state index in [2.05, 4.69) is 0 Å². The fourth-order valence-corrected chi connectivity index (χ4v) is 2.61. The Bertz CT molecular complexity index is 605. The van der Waals surface area contributed by atoms with Crippen LogP contribution >= 0.6 is 0 Å². The first-order valence-electron chi connectivity index (χ1n) is 6.85. The lowest BCUT2D eigenvalue weighted by Crippen LogP contribution is -2.00. The summed E-state index contributed by atoms with van der Waals surface area (Å²) in [6, 6.07) is 12.0. The van der Waals surface area contributed by atoms with E-state index in [0.29, 0.717) is 13.2 Å². The van der Waals surface area contributed by atoms with E-state index in [-0.39, 0.29) is 6.61 Å². The van der Waals surface area contributed by atoms with Crippen molar-refractivity contribution in [3.05, 3.63) is 58.7 Å². The molecule has 2 aromatic carbocycles. The van der Waals surface area contributed by atoms with E-state index in [1.54, 1.807) is 0 Å². The summed E-state index contributed by atoms with van der Waals surface area (Å²) in [6.45, 7) is 3.23. The highest BCUT2D eigenvalue weighted by molar-refractivity contribution is 5.55. The second-order valence-electron chi connectivity index (χ2n) is 5.01. The fourth-order valence-electron chi connectivity index (χ4n) is 2.61. The summed E-state index contributed by atoms with van der Waals surface area (Å²) in [7, 11) is 0. The van der Waals surface area contributed by atoms with Crippen molar-refractivity contribution in [2.45, 2.75) is 26.6 Å². The zero-order valence-electron chi connectivity index (χ0n) is 11.6. The van der Waals surface area contributed by atoms with Crippen LogP contribution in [0.25, 0.3) is 0 Å². The van der Waals surface area contributed by atoms with Gasteiger partial charge >= 0.3 is 0 Å². The van der Waals surface area contributed by atoms with Gasteiger partial charge in [-0.25, -0.2) is 0 Å². The van der Waals surface area contributed by atoms with Crippen LogP contribution in [0.15, 0.2) is 36.4 Å². The smallest absolute Gasteiger partial charge is 0.164 e. The molecular formula is C17H18O3. The van der Waals surface area contributed by atoms with Gasteiger partial charge in [0, 0.05) is 12.0 Å². The van der Waals surface area contributed by atoms with Crippen molar-refractivity contribution in [1.29, 1.82) is 0 Å². The Labute approximate surface area is 118 Å². The maximum Gasteiger partial charge on any atom is 0.164 e. The molecule has 1 N–H and O–H groups in total. The van der Waals surface area contributed by atoms with Crippen LogP contribution in [0.5, 0.6) is 11.5 Å². The van der Waals surface area contributed by atoms with Crippen LogP contribution in [0.1, 0.15) is 22.3 Å². The number of ether oxygens (including phenoxy) is 2. The van der Waals surface area contributed by atoms with E-state index in [9.17, 15) is 5.11 Å². The lowest BCUT2D eigenvalue weighted by molar-refractivity contribution is 0.272. The third-order valence-electron chi connectivity index (χ3n) is 3.68. The van der Waals surface area contributed by atoms with E-state index in [4.69, 9.17) is 9.47 Å². The van der Waals surface area contributed by atoms with Gasteiger partial charge in [0.25, 0.3) is 0 Å². The zero-order chi connectivity index (χ0) is 13.9. The van der Waals surface area contributed by atoms with Crippen molar-refractivity contribution in [2.24, 2.45) is 0 Å². The molecule has 3 rings (SSSR count). The molecule has 3 nitrogen and oxygen atoms in total. The number of rotatable bonds is 4. The molecule has 1 heterocycles. The van der Waals surface area contributed by atoms with Gasteiger partial charge in [-0.05, 0) is 29.7 Å². The molecule has 0 radical (unpaired) electrons. The Kier molecular flexibility index (Phi) is 3.61. The molecule has 0 amide bonds. The SMILES string of the molecule is Cc1cc(OCc2ccccc2)c2c(c1CO)CCO2. The number of hydrogen-bond acceptors (Lipinski definition) is 3. The van der Waals surface area contributed by atoms with Gasteiger partial charge in [-0.2, -0.15) is 0 Å². The van der Waals surface area contributed by atoms with Crippen LogP contribution in [0.4, 0.5) is 0 Å². The molecule has 2 aromatic rings. The molecule has 0 saturated carbocycles. The third-order valence-corrected chi connectivity index (χ3v) is 3.68. The number of hydrogen-bond donors (Lipinski definition) is 1. The number of aryl methyl sites for hydroxylation is 1. The monoisotopic (exact) mass is 270 g/mol. The predicted molar refractivity (Wildman–Crippen MR) is 77.1 cm³/mol. The second kappa shape index (κ2) is 5.55. The molecule has 20 heavy (non-hydrogen) atoms. The highest BCUT2D eigenvalue weighted by Crippen LogP contribution is 2.40. The normalized spacial score (nSPS) is 12.9. The number of fused-ring (bicyclic) bond motifs is 1. The average Bonchev–Trinajstić information content (AvgIpc) is 2.95. The molecule has 0 saturated heterocycles. The van der Waals surface area contributed by atoms with Gasteiger partial charge in [-0.3, -0.25) is 0 Å². The van der Waals surface area contributed by atoms with Gasteiger partial charge in [0.05, 0.1) is 13.2 Å². The quantitative estimate of drug-likeness (QED) is 0.928. The van der Waals surface area contributed by atoms with Crippen molar-refractivity contribution < 1.29 is 14.6 Å². The predicted octanol–water partition coefficient (Wildman–Crippen LogP) is 3.00. The lowest BCUT2D eigenvalue weighted by Gasteiger charge is -2.14. The minimum atomic E-state index is 0.0521. The summed E-state index contributed by atoms with van der Waals surface area (Å²) in [5.74, 6) is 1.58. The van der Waals surface area contributed by atoms with Crippen LogP contribution in [0.3, 0.4) is 0 Å². The maximum absolute atomic E-state index is 9.49. The van der Waals surface area contributed by atoms with Gasteiger partial charge in [-0.1, -0.05) is 30.3 Å². The minimum Gasteiger partial charge on any atom is -0.489 e. The second-order valence-corrected chi connectivity index (χ2v) is 5.01. The molecule has 3 heteroatoms. The Hall–Kier alpha value is -2.00. The Morgan fingerprint density at radius 2 is 2.05 bits per heavy atom. The van der Waals surface area contributed by atoms with E-state index < -0.39 is 0 Å². The van der Waals surface area contributed by atoms with E-state index in [0.717, 1.165) is 40.2 Å². The van der Waals surface area contributed by atoms with Gasteiger partial charge in [-0.15, -0.1) is 0 Å². The highest BCUT2D eigenvalue weighted by atomic mass is 16.5. The topological polar surface area (TPSA) is 38.7 Å². The van der Waals surface area contributed by atoms with Gasteiger partial charge in [0.2, 0.25) is 0 Å². The van der Waals surface area contributed by atoms with E-state index >= 15 is 0 Å². The van der Waals surface area contributed by atoms with Crippen molar-refractivity contribution in [1.82, 2.24) is 0 Å². The van der Waals surface area contributed by atoms with Crippen LogP contribution in [-0.4, -0.2) is 11.7 Å². The molecule has 0 unspecified atom stereocenters. The molecule has 104 valence electrons. The minimum absolute atomic E-state index is 0.0521. The Balaban J connectivity index is 1.87. The zero-order valence-corrected chi connectivity index (χ0v) is 11.6. The first-order chi connectivity index (χ1) is 9.79. The Morgan fingerprint density at radius 1 is 1.25 bits per heavy atom. The molecule has 0 aliphatic carbocycles.